The predicted molar refractivity (Wildman–Crippen MR) is 89.1 cm³/mol. The summed E-state index contributed by atoms with van der Waals surface area (Å²) in [5.74, 6) is 0.238. The molecular weight excluding hydrogens is 332 g/mol. The fraction of sp³-hybridized carbons (Fsp3) is 0.188. The molecule has 2 aromatic carbocycles. The molecule has 126 valence electrons. The van der Waals surface area contributed by atoms with Gasteiger partial charge < -0.3 is 14.8 Å². The number of benzene rings is 2. The van der Waals surface area contributed by atoms with Crippen LogP contribution in [0, 0.1) is 6.92 Å². The zero-order chi connectivity index (χ0) is 17.3. The van der Waals surface area contributed by atoms with Crippen LogP contribution < -0.4 is 19.5 Å². The Balaban J connectivity index is 2.01. The molecule has 0 aliphatic carbocycles. The van der Waals surface area contributed by atoms with Gasteiger partial charge in [0.1, 0.15) is 10.6 Å². The molecule has 0 spiro atoms. The number of aryl methyl sites for hydroxylation is 1. The van der Waals surface area contributed by atoms with Crippen molar-refractivity contribution < 1.29 is 22.7 Å². The van der Waals surface area contributed by atoms with Crippen molar-refractivity contribution in [2.75, 3.05) is 23.8 Å². The lowest BCUT2D eigenvalue weighted by Gasteiger charge is -2.21. The number of carbonyl (C=O) groups excluding carboxylic acids is 1. The summed E-state index contributed by atoms with van der Waals surface area (Å²) in [6.07, 6.45) is 0. The van der Waals surface area contributed by atoms with Gasteiger partial charge in [0.15, 0.2) is 12.4 Å². The van der Waals surface area contributed by atoms with Crippen molar-refractivity contribution in [2.24, 2.45) is 0 Å². The van der Waals surface area contributed by atoms with Crippen LogP contribution in [0.5, 0.6) is 11.5 Å². The van der Waals surface area contributed by atoms with Gasteiger partial charge in [0.25, 0.3) is 15.9 Å². The van der Waals surface area contributed by atoms with Gasteiger partial charge in [-0.2, -0.15) is 0 Å². The Kier molecular flexibility index (Phi) is 4.06. The number of methoxy groups -OCH3 is 1. The molecule has 0 saturated heterocycles. The van der Waals surface area contributed by atoms with Crippen molar-refractivity contribution in [3.05, 3.63) is 42.0 Å². The summed E-state index contributed by atoms with van der Waals surface area (Å²) in [6, 6.07) is 9.72. The molecule has 0 fully saturated rings. The highest BCUT2D eigenvalue weighted by molar-refractivity contribution is 7.92. The van der Waals surface area contributed by atoms with Crippen molar-refractivity contribution in [1.29, 1.82) is 0 Å². The molecule has 1 aliphatic rings. The molecule has 1 aliphatic heterocycles. The second kappa shape index (κ2) is 6.04. The number of nitrogens with one attached hydrogen (secondary N) is 2. The van der Waals surface area contributed by atoms with Gasteiger partial charge in [-0.05, 0) is 36.8 Å². The largest absolute Gasteiger partial charge is 0.495 e. The molecule has 0 aromatic heterocycles. The third kappa shape index (κ3) is 3.00. The highest BCUT2D eigenvalue weighted by Crippen LogP contribution is 2.37. The summed E-state index contributed by atoms with van der Waals surface area (Å²) in [5, 5.41) is 2.63. The zero-order valence-corrected chi connectivity index (χ0v) is 13.9. The Morgan fingerprint density at radius 2 is 2.04 bits per heavy atom. The number of anilines is 2. The number of ether oxygens (including phenoxy) is 2. The molecule has 0 atom stereocenters. The van der Waals surface area contributed by atoms with Gasteiger partial charge in [-0.1, -0.05) is 12.1 Å². The Morgan fingerprint density at radius 3 is 2.79 bits per heavy atom. The van der Waals surface area contributed by atoms with Crippen LogP contribution in [0.2, 0.25) is 0 Å². The average Bonchev–Trinajstić information content (AvgIpc) is 2.54. The smallest absolute Gasteiger partial charge is 0.265 e. The topological polar surface area (TPSA) is 93.7 Å². The first-order valence-corrected chi connectivity index (χ1v) is 8.62. The minimum atomic E-state index is -3.89. The quantitative estimate of drug-likeness (QED) is 0.883. The molecule has 0 unspecified atom stereocenters. The summed E-state index contributed by atoms with van der Waals surface area (Å²) >= 11 is 0. The van der Waals surface area contributed by atoms with Crippen molar-refractivity contribution in [3.63, 3.8) is 0 Å². The van der Waals surface area contributed by atoms with E-state index in [9.17, 15) is 13.2 Å². The lowest BCUT2D eigenvalue weighted by molar-refractivity contribution is -0.118. The van der Waals surface area contributed by atoms with Crippen molar-refractivity contribution >= 4 is 27.3 Å². The molecule has 2 aromatic rings. The van der Waals surface area contributed by atoms with E-state index < -0.39 is 10.0 Å². The molecule has 24 heavy (non-hydrogen) atoms. The Morgan fingerprint density at radius 1 is 1.25 bits per heavy atom. The standard InChI is InChI=1S/C16H16N2O5S/c1-10-6-7-13(22-2)14(8-10)24(20,21)18-12-5-3-4-11-16(12)23-9-15(19)17-11/h3-8,18H,9H2,1-2H3,(H,17,19). The summed E-state index contributed by atoms with van der Waals surface area (Å²) < 4.78 is 38.5. The molecule has 1 heterocycles. The number of carbonyl (C=O) groups is 1. The van der Waals surface area contributed by atoms with Crippen LogP contribution >= 0.6 is 0 Å². The maximum atomic E-state index is 12.7. The van der Waals surface area contributed by atoms with E-state index in [2.05, 4.69) is 10.0 Å². The number of para-hydroxylation sites is 1. The lowest BCUT2D eigenvalue weighted by atomic mass is 10.2. The van der Waals surface area contributed by atoms with Crippen LogP contribution in [0.15, 0.2) is 41.3 Å². The predicted octanol–water partition coefficient (Wildman–Crippen LogP) is 2.14. The first-order valence-electron chi connectivity index (χ1n) is 7.14. The van der Waals surface area contributed by atoms with E-state index >= 15 is 0 Å². The van der Waals surface area contributed by atoms with Crippen molar-refractivity contribution in [3.8, 4) is 11.5 Å². The molecule has 0 saturated carbocycles. The SMILES string of the molecule is COc1ccc(C)cc1S(=O)(=O)Nc1cccc2c1OCC(=O)N2. The van der Waals surface area contributed by atoms with Crippen LogP contribution in [0.3, 0.4) is 0 Å². The maximum absolute atomic E-state index is 12.7. The van der Waals surface area contributed by atoms with E-state index in [1.165, 1.54) is 13.2 Å². The maximum Gasteiger partial charge on any atom is 0.265 e. The number of fused-ring (bicyclic) bond motifs is 1. The van der Waals surface area contributed by atoms with Gasteiger partial charge in [0.05, 0.1) is 18.5 Å². The Labute approximate surface area is 139 Å². The molecule has 1 amide bonds. The second-order valence-corrected chi connectivity index (χ2v) is 6.93. The van der Waals surface area contributed by atoms with Crippen LogP contribution in [-0.2, 0) is 14.8 Å². The molecule has 3 rings (SSSR count). The van der Waals surface area contributed by atoms with E-state index in [4.69, 9.17) is 9.47 Å². The number of hydrogen-bond acceptors (Lipinski definition) is 5. The van der Waals surface area contributed by atoms with E-state index in [0.717, 1.165) is 5.56 Å². The lowest BCUT2D eigenvalue weighted by Crippen LogP contribution is -2.26. The highest BCUT2D eigenvalue weighted by atomic mass is 32.2. The van der Waals surface area contributed by atoms with Gasteiger partial charge in [0.2, 0.25) is 0 Å². The summed E-state index contributed by atoms with van der Waals surface area (Å²) in [7, 11) is -2.48. The summed E-state index contributed by atoms with van der Waals surface area (Å²) in [6.45, 7) is 1.63. The molecule has 2 N–H and O–H groups in total. The molecular formula is C16H16N2O5S. The summed E-state index contributed by atoms with van der Waals surface area (Å²) in [4.78, 5) is 11.4. The molecule has 7 nitrogen and oxygen atoms in total. The molecule has 0 radical (unpaired) electrons. The molecule has 0 bridgehead atoms. The minimum Gasteiger partial charge on any atom is -0.495 e. The first kappa shape index (κ1) is 16.1. The fourth-order valence-corrected chi connectivity index (χ4v) is 3.71. The number of rotatable bonds is 4. The third-order valence-corrected chi connectivity index (χ3v) is 4.88. The average molecular weight is 348 g/mol. The Bertz CT molecular complexity index is 909. The highest BCUT2D eigenvalue weighted by Gasteiger charge is 2.24. The number of hydrogen-bond donors (Lipinski definition) is 2. The van der Waals surface area contributed by atoms with Crippen molar-refractivity contribution in [2.45, 2.75) is 11.8 Å². The fourth-order valence-electron chi connectivity index (χ4n) is 2.39. The molecule has 8 heteroatoms. The van der Waals surface area contributed by atoms with Crippen LogP contribution in [0.25, 0.3) is 0 Å². The normalized spacial score (nSPS) is 13.5. The van der Waals surface area contributed by atoms with E-state index in [-0.39, 0.29) is 34.6 Å². The monoisotopic (exact) mass is 348 g/mol. The third-order valence-electron chi connectivity index (χ3n) is 3.49. The van der Waals surface area contributed by atoms with Gasteiger partial charge in [-0.25, -0.2) is 8.42 Å². The van der Waals surface area contributed by atoms with Crippen LogP contribution in [0.1, 0.15) is 5.56 Å². The second-order valence-electron chi connectivity index (χ2n) is 5.28. The van der Waals surface area contributed by atoms with Gasteiger partial charge in [-0.3, -0.25) is 9.52 Å². The van der Waals surface area contributed by atoms with Crippen molar-refractivity contribution in [1.82, 2.24) is 0 Å². The van der Waals surface area contributed by atoms with Gasteiger partial charge in [-0.15, -0.1) is 0 Å². The van der Waals surface area contributed by atoms with Crippen LogP contribution in [-0.4, -0.2) is 28.0 Å². The Hall–Kier alpha value is -2.74. The van der Waals surface area contributed by atoms with Gasteiger partial charge >= 0.3 is 0 Å². The number of amides is 1. The first-order chi connectivity index (χ1) is 11.4. The van der Waals surface area contributed by atoms with Crippen LogP contribution in [0.4, 0.5) is 11.4 Å². The van der Waals surface area contributed by atoms with E-state index in [1.54, 1.807) is 37.3 Å². The summed E-state index contributed by atoms with van der Waals surface area (Å²) in [5.41, 5.74) is 1.45. The van der Waals surface area contributed by atoms with Gasteiger partial charge in [0, 0.05) is 0 Å². The number of sulfonamides is 1. The zero-order valence-electron chi connectivity index (χ0n) is 13.1. The van der Waals surface area contributed by atoms with E-state index in [1.807, 2.05) is 0 Å². The van der Waals surface area contributed by atoms with E-state index in [0.29, 0.717) is 5.69 Å². The minimum absolute atomic E-state index is 0.0300.